The van der Waals surface area contributed by atoms with E-state index in [0.29, 0.717) is 0 Å². The molecular formula is C15H15NO2. The molecule has 18 heavy (non-hydrogen) atoms. The Labute approximate surface area is 107 Å². The van der Waals surface area contributed by atoms with E-state index in [1.807, 2.05) is 18.2 Å². The highest BCUT2D eigenvalue weighted by molar-refractivity contribution is 5.49. The largest absolute Gasteiger partial charge is 0.269 e. The van der Waals surface area contributed by atoms with Crippen LogP contribution in [0.4, 0.5) is 5.69 Å². The van der Waals surface area contributed by atoms with Gasteiger partial charge in [-0.3, -0.25) is 10.1 Å². The molecule has 3 heteroatoms. The van der Waals surface area contributed by atoms with Crippen LogP contribution >= 0.6 is 0 Å². The number of aryl methyl sites for hydroxylation is 1. The summed E-state index contributed by atoms with van der Waals surface area (Å²) in [5, 5.41) is 10.2. The second-order valence-corrected chi connectivity index (χ2v) is 3.71. The summed E-state index contributed by atoms with van der Waals surface area (Å²) in [6, 6.07) is 16.5. The first-order valence-electron chi connectivity index (χ1n) is 5.52. The number of benzene rings is 2. The number of nitro benzene ring substituents is 1. The second-order valence-electron chi connectivity index (χ2n) is 3.71. The highest BCUT2D eigenvalue weighted by Gasteiger charge is 2.01. The lowest BCUT2D eigenvalue weighted by molar-refractivity contribution is -0.384. The van der Waals surface area contributed by atoms with Gasteiger partial charge in [0.15, 0.2) is 0 Å². The average molecular weight is 241 g/mol. The lowest BCUT2D eigenvalue weighted by Gasteiger charge is -1.91. The van der Waals surface area contributed by atoms with Crippen LogP contribution in [0.3, 0.4) is 0 Å². The van der Waals surface area contributed by atoms with Crippen molar-refractivity contribution in [2.24, 2.45) is 0 Å². The third-order valence-corrected chi connectivity index (χ3v) is 2.28. The van der Waals surface area contributed by atoms with Gasteiger partial charge >= 0.3 is 0 Å². The van der Waals surface area contributed by atoms with E-state index in [2.05, 4.69) is 25.6 Å². The summed E-state index contributed by atoms with van der Waals surface area (Å²) in [6.07, 6.45) is 1.64. The van der Waals surface area contributed by atoms with Gasteiger partial charge in [-0.2, -0.15) is 0 Å². The van der Waals surface area contributed by atoms with Gasteiger partial charge in [-0.25, -0.2) is 0 Å². The van der Waals surface area contributed by atoms with E-state index in [9.17, 15) is 10.1 Å². The van der Waals surface area contributed by atoms with Crippen molar-refractivity contribution in [2.45, 2.75) is 6.92 Å². The summed E-state index contributed by atoms with van der Waals surface area (Å²) < 4.78 is 0. The maximum atomic E-state index is 10.2. The maximum absolute atomic E-state index is 10.2. The molecule has 0 aliphatic heterocycles. The Kier molecular flexibility index (Phi) is 5.32. The SMILES string of the molecule is C=Cc1ccc([N+](=O)[O-])cc1.Cc1ccccc1. The normalized spacial score (nSPS) is 8.94. The molecule has 0 atom stereocenters. The van der Waals surface area contributed by atoms with Crippen LogP contribution < -0.4 is 0 Å². The fraction of sp³-hybridized carbons (Fsp3) is 0.0667. The van der Waals surface area contributed by atoms with Crippen molar-refractivity contribution in [3.63, 3.8) is 0 Å². The highest BCUT2D eigenvalue weighted by atomic mass is 16.6. The molecule has 0 aliphatic carbocycles. The first-order valence-corrected chi connectivity index (χ1v) is 5.52. The number of nitrogens with zero attached hydrogens (tertiary/aromatic N) is 1. The van der Waals surface area contributed by atoms with Crippen LogP contribution in [0.25, 0.3) is 6.08 Å². The number of hydrogen-bond donors (Lipinski definition) is 0. The zero-order valence-corrected chi connectivity index (χ0v) is 10.2. The van der Waals surface area contributed by atoms with Crippen molar-refractivity contribution in [3.8, 4) is 0 Å². The van der Waals surface area contributed by atoms with Gasteiger partial charge in [0.2, 0.25) is 0 Å². The Hall–Kier alpha value is -2.42. The lowest BCUT2D eigenvalue weighted by atomic mass is 10.2. The molecule has 0 fully saturated rings. The van der Waals surface area contributed by atoms with E-state index >= 15 is 0 Å². The fourth-order valence-electron chi connectivity index (χ4n) is 1.27. The van der Waals surface area contributed by atoms with E-state index in [1.165, 1.54) is 17.7 Å². The molecular weight excluding hydrogens is 226 g/mol. The van der Waals surface area contributed by atoms with E-state index in [4.69, 9.17) is 0 Å². The van der Waals surface area contributed by atoms with Crippen molar-refractivity contribution >= 4 is 11.8 Å². The standard InChI is InChI=1S/C8H7NO2.C7H8/c1-2-7-3-5-8(6-4-7)9(10)11;1-7-5-3-2-4-6-7/h2-6H,1H2;2-6H,1H3. The van der Waals surface area contributed by atoms with Crippen molar-refractivity contribution in [1.29, 1.82) is 0 Å². The predicted octanol–water partition coefficient (Wildman–Crippen LogP) is 4.23. The number of nitro groups is 1. The molecule has 3 nitrogen and oxygen atoms in total. The maximum Gasteiger partial charge on any atom is 0.269 e. The Balaban J connectivity index is 0.000000199. The molecule has 0 aliphatic rings. The Bertz CT molecular complexity index is 504. The molecule has 2 aromatic carbocycles. The van der Waals surface area contributed by atoms with Crippen LogP contribution in [-0.2, 0) is 0 Å². The predicted molar refractivity (Wildman–Crippen MR) is 74.4 cm³/mol. The molecule has 0 heterocycles. The van der Waals surface area contributed by atoms with Crippen LogP contribution in [0.5, 0.6) is 0 Å². The summed E-state index contributed by atoms with van der Waals surface area (Å²) in [6.45, 7) is 5.62. The minimum atomic E-state index is -0.424. The number of non-ortho nitro benzene ring substituents is 1. The van der Waals surface area contributed by atoms with Gasteiger partial charge in [0, 0.05) is 12.1 Å². The minimum absolute atomic E-state index is 0.107. The zero-order chi connectivity index (χ0) is 13.4. The van der Waals surface area contributed by atoms with Crippen LogP contribution in [0.2, 0.25) is 0 Å². The third kappa shape index (κ3) is 4.61. The number of hydrogen-bond acceptors (Lipinski definition) is 2. The molecule has 2 aromatic rings. The summed E-state index contributed by atoms with van der Waals surface area (Å²) in [7, 11) is 0. The van der Waals surface area contributed by atoms with Crippen molar-refractivity contribution < 1.29 is 4.92 Å². The fourth-order valence-corrected chi connectivity index (χ4v) is 1.27. The molecule has 0 unspecified atom stereocenters. The van der Waals surface area contributed by atoms with Crippen LogP contribution in [0.15, 0.2) is 61.2 Å². The lowest BCUT2D eigenvalue weighted by Crippen LogP contribution is -1.86. The van der Waals surface area contributed by atoms with Gasteiger partial charge in [0.05, 0.1) is 4.92 Å². The second kappa shape index (κ2) is 7.01. The molecule has 0 saturated heterocycles. The minimum Gasteiger partial charge on any atom is -0.258 e. The van der Waals surface area contributed by atoms with Crippen LogP contribution in [0, 0.1) is 17.0 Å². The van der Waals surface area contributed by atoms with Gasteiger partial charge in [-0.05, 0) is 24.6 Å². The smallest absolute Gasteiger partial charge is 0.258 e. The van der Waals surface area contributed by atoms with Gasteiger partial charge in [0.25, 0.3) is 5.69 Å². The number of rotatable bonds is 2. The van der Waals surface area contributed by atoms with Gasteiger partial charge < -0.3 is 0 Å². The summed E-state index contributed by atoms with van der Waals surface area (Å²) in [5.41, 5.74) is 2.31. The van der Waals surface area contributed by atoms with E-state index < -0.39 is 4.92 Å². The summed E-state index contributed by atoms with van der Waals surface area (Å²) >= 11 is 0. The molecule has 0 radical (unpaired) electrons. The van der Waals surface area contributed by atoms with Crippen LogP contribution in [-0.4, -0.2) is 4.92 Å². The van der Waals surface area contributed by atoms with E-state index in [1.54, 1.807) is 18.2 Å². The topological polar surface area (TPSA) is 43.1 Å². The van der Waals surface area contributed by atoms with Crippen LogP contribution in [0.1, 0.15) is 11.1 Å². The van der Waals surface area contributed by atoms with Gasteiger partial charge in [-0.1, -0.05) is 48.6 Å². The molecule has 2 rings (SSSR count). The Morgan fingerprint density at radius 1 is 1.06 bits per heavy atom. The van der Waals surface area contributed by atoms with E-state index in [-0.39, 0.29) is 5.69 Å². The first-order chi connectivity index (χ1) is 8.63. The summed E-state index contributed by atoms with van der Waals surface area (Å²) in [4.78, 5) is 9.76. The molecule has 0 bridgehead atoms. The van der Waals surface area contributed by atoms with E-state index in [0.717, 1.165) is 5.56 Å². The molecule has 92 valence electrons. The monoisotopic (exact) mass is 241 g/mol. The van der Waals surface area contributed by atoms with Gasteiger partial charge in [0.1, 0.15) is 0 Å². The van der Waals surface area contributed by atoms with Crippen molar-refractivity contribution in [1.82, 2.24) is 0 Å². The quantitative estimate of drug-likeness (QED) is 0.583. The van der Waals surface area contributed by atoms with Crippen molar-refractivity contribution in [2.75, 3.05) is 0 Å². The molecule has 0 spiro atoms. The third-order valence-electron chi connectivity index (χ3n) is 2.28. The molecule has 0 saturated carbocycles. The average Bonchev–Trinajstić information content (AvgIpc) is 2.40. The highest BCUT2D eigenvalue weighted by Crippen LogP contribution is 2.11. The Morgan fingerprint density at radius 2 is 1.61 bits per heavy atom. The molecule has 0 N–H and O–H groups in total. The van der Waals surface area contributed by atoms with Crippen molar-refractivity contribution in [3.05, 3.63) is 82.4 Å². The molecule has 0 amide bonds. The Morgan fingerprint density at radius 3 is 1.94 bits per heavy atom. The zero-order valence-electron chi connectivity index (χ0n) is 10.2. The van der Waals surface area contributed by atoms with Gasteiger partial charge in [-0.15, -0.1) is 0 Å². The first kappa shape index (κ1) is 13.6. The molecule has 0 aromatic heterocycles. The summed E-state index contributed by atoms with van der Waals surface area (Å²) in [5.74, 6) is 0.